The van der Waals surface area contributed by atoms with Gasteiger partial charge in [-0.1, -0.05) is 84.1 Å². The van der Waals surface area contributed by atoms with Crippen LogP contribution in [0.5, 0.6) is 0 Å². The molecule has 2 rings (SSSR count). The molecule has 162 valence electrons. The van der Waals surface area contributed by atoms with Crippen molar-refractivity contribution in [1.29, 1.82) is 0 Å². The van der Waals surface area contributed by atoms with Gasteiger partial charge in [0.15, 0.2) is 8.32 Å². The molecule has 1 aliphatic heterocycles. The summed E-state index contributed by atoms with van der Waals surface area (Å²) in [5, 5.41) is 0.136. The van der Waals surface area contributed by atoms with Gasteiger partial charge in [0.25, 0.3) is 5.91 Å². The molecule has 2 atom stereocenters. The Hall–Kier alpha value is -1.39. The van der Waals surface area contributed by atoms with E-state index in [0.717, 1.165) is 18.5 Å². The van der Waals surface area contributed by atoms with Crippen molar-refractivity contribution in [3.05, 3.63) is 42.0 Å². The highest BCUT2D eigenvalue weighted by Gasteiger charge is 2.49. The predicted octanol–water partition coefficient (Wildman–Crippen LogP) is 7.02. The lowest BCUT2D eigenvalue weighted by atomic mass is 9.87. The SMILES string of the molecule is C=C1C(=O)N(c2ccc(C)cc2)[C@@H]1[C@@H](CCCCCCC)O[Si](C)(C)C(C)(C)C. The predicted molar refractivity (Wildman–Crippen MR) is 127 cm³/mol. The molecule has 0 saturated carbocycles. The van der Waals surface area contributed by atoms with Crippen LogP contribution in [0.25, 0.3) is 0 Å². The van der Waals surface area contributed by atoms with Crippen LogP contribution in [0.4, 0.5) is 5.69 Å². The molecule has 1 aromatic carbocycles. The number of anilines is 1. The first-order valence-corrected chi connectivity index (χ1v) is 14.2. The van der Waals surface area contributed by atoms with E-state index in [-0.39, 0.29) is 23.1 Å². The van der Waals surface area contributed by atoms with Crippen molar-refractivity contribution in [2.45, 2.75) is 103 Å². The zero-order valence-electron chi connectivity index (χ0n) is 19.7. The Morgan fingerprint density at radius 2 is 1.69 bits per heavy atom. The number of aryl methyl sites for hydroxylation is 1. The van der Waals surface area contributed by atoms with E-state index in [1.54, 1.807) is 0 Å². The number of hydrogen-bond acceptors (Lipinski definition) is 2. The highest BCUT2D eigenvalue weighted by Crippen LogP contribution is 2.42. The molecule has 1 fully saturated rings. The van der Waals surface area contributed by atoms with Crippen molar-refractivity contribution >= 4 is 19.9 Å². The van der Waals surface area contributed by atoms with Crippen LogP contribution >= 0.6 is 0 Å². The zero-order valence-corrected chi connectivity index (χ0v) is 20.7. The Balaban J connectivity index is 2.23. The summed E-state index contributed by atoms with van der Waals surface area (Å²) in [7, 11) is -1.96. The van der Waals surface area contributed by atoms with Gasteiger partial charge in [0.05, 0.1) is 12.1 Å². The molecule has 1 aliphatic rings. The summed E-state index contributed by atoms with van der Waals surface area (Å²) in [4.78, 5) is 14.6. The highest BCUT2D eigenvalue weighted by molar-refractivity contribution is 6.74. The van der Waals surface area contributed by atoms with Crippen LogP contribution in [0.15, 0.2) is 36.4 Å². The third kappa shape index (κ3) is 5.61. The topological polar surface area (TPSA) is 29.5 Å². The van der Waals surface area contributed by atoms with Crippen LogP contribution < -0.4 is 4.90 Å². The molecule has 0 aliphatic carbocycles. The van der Waals surface area contributed by atoms with E-state index in [4.69, 9.17) is 4.43 Å². The zero-order chi connectivity index (χ0) is 21.8. The van der Waals surface area contributed by atoms with E-state index < -0.39 is 8.32 Å². The average Bonchev–Trinajstić information content (AvgIpc) is 2.64. The van der Waals surface area contributed by atoms with Crippen LogP contribution in [0.3, 0.4) is 0 Å². The number of rotatable bonds is 10. The molecule has 0 aromatic heterocycles. The van der Waals surface area contributed by atoms with Gasteiger partial charge in [0, 0.05) is 11.3 Å². The quantitative estimate of drug-likeness (QED) is 0.178. The molecular weight excluding hydrogens is 374 g/mol. The fourth-order valence-electron chi connectivity index (χ4n) is 3.66. The number of β-lactam (4-membered cyclic amide) rings is 1. The number of carbonyl (C=O) groups is 1. The van der Waals surface area contributed by atoms with Gasteiger partial charge in [-0.05, 0) is 43.6 Å². The summed E-state index contributed by atoms with van der Waals surface area (Å²) in [5.74, 6) is 0.0358. The summed E-state index contributed by atoms with van der Waals surface area (Å²) in [6.45, 7) is 19.9. The number of nitrogens with zero attached hydrogens (tertiary/aromatic N) is 1. The molecule has 0 N–H and O–H groups in total. The molecule has 0 spiro atoms. The molecule has 0 unspecified atom stereocenters. The maximum atomic E-state index is 12.7. The molecule has 0 radical (unpaired) electrons. The molecule has 1 heterocycles. The van der Waals surface area contributed by atoms with Crippen LogP contribution in [0.1, 0.15) is 71.8 Å². The molecule has 1 amide bonds. The summed E-state index contributed by atoms with van der Waals surface area (Å²) in [6, 6.07) is 8.16. The Kier molecular flexibility index (Phi) is 7.91. The second-order valence-corrected chi connectivity index (χ2v) is 14.9. The van der Waals surface area contributed by atoms with E-state index in [0.29, 0.717) is 5.57 Å². The number of carbonyl (C=O) groups excluding carboxylic acids is 1. The second-order valence-electron chi connectivity index (χ2n) is 10.1. The molecule has 4 heteroatoms. The summed E-state index contributed by atoms with van der Waals surface area (Å²) >= 11 is 0. The molecule has 0 bridgehead atoms. The molecule has 1 saturated heterocycles. The number of hydrogen-bond donors (Lipinski definition) is 0. The van der Waals surface area contributed by atoms with Gasteiger partial charge in [-0.3, -0.25) is 9.69 Å². The van der Waals surface area contributed by atoms with E-state index >= 15 is 0 Å². The monoisotopic (exact) mass is 415 g/mol. The molecular formula is C25H41NO2Si. The lowest BCUT2D eigenvalue weighted by molar-refractivity contribution is -0.120. The van der Waals surface area contributed by atoms with Gasteiger partial charge in [-0.15, -0.1) is 0 Å². The highest BCUT2D eigenvalue weighted by atomic mass is 28.4. The average molecular weight is 416 g/mol. The number of amides is 1. The lowest BCUT2D eigenvalue weighted by Gasteiger charge is -2.49. The Morgan fingerprint density at radius 3 is 2.24 bits per heavy atom. The largest absolute Gasteiger partial charge is 0.411 e. The lowest BCUT2D eigenvalue weighted by Crippen LogP contribution is -2.63. The number of unbranched alkanes of at least 4 members (excludes halogenated alkanes) is 4. The van der Waals surface area contributed by atoms with Crippen molar-refractivity contribution in [2.24, 2.45) is 0 Å². The minimum Gasteiger partial charge on any atom is -0.411 e. The third-order valence-corrected chi connectivity index (χ3v) is 11.1. The van der Waals surface area contributed by atoms with Crippen molar-refractivity contribution in [3.63, 3.8) is 0 Å². The fourth-order valence-corrected chi connectivity index (χ4v) is 5.01. The van der Waals surface area contributed by atoms with Gasteiger partial charge in [-0.25, -0.2) is 0 Å². The van der Waals surface area contributed by atoms with E-state index in [1.165, 1.54) is 31.2 Å². The minimum atomic E-state index is -1.96. The van der Waals surface area contributed by atoms with Crippen molar-refractivity contribution in [2.75, 3.05) is 4.90 Å². The fraction of sp³-hybridized carbons (Fsp3) is 0.640. The van der Waals surface area contributed by atoms with Crippen molar-refractivity contribution in [1.82, 2.24) is 0 Å². The maximum absolute atomic E-state index is 12.7. The Bertz CT molecular complexity index is 703. The van der Waals surface area contributed by atoms with Gasteiger partial charge < -0.3 is 4.43 Å². The normalized spacial score (nSPS) is 18.7. The Morgan fingerprint density at radius 1 is 1.10 bits per heavy atom. The summed E-state index contributed by atoms with van der Waals surface area (Å²) in [6.07, 6.45) is 7.17. The van der Waals surface area contributed by atoms with Gasteiger partial charge in [-0.2, -0.15) is 0 Å². The standard InChI is InChI=1S/C25H41NO2Si/c1-9-10-11-12-13-14-22(28-29(7,8)25(4,5)6)23-20(3)24(27)26(23)21-17-15-19(2)16-18-21/h15-18,22-23H,3,9-14H2,1-2,4-8H3/t22-,23+/m1/s1. The first-order chi connectivity index (χ1) is 13.5. The van der Waals surface area contributed by atoms with Gasteiger partial charge in [0.1, 0.15) is 0 Å². The van der Waals surface area contributed by atoms with Gasteiger partial charge in [0.2, 0.25) is 0 Å². The molecule has 29 heavy (non-hydrogen) atoms. The third-order valence-electron chi connectivity index (χ3n) is 6.64. The van der Waals surface area contributed by atoms with E-state index in [2.05, 4.69) is 66.4 Å². The first kappa shape index (κ1) is 23.9. The van der Waals surface area contributed by atoms with E-state index in [1.807, 2.05) is 17.0 Å². The summed E-state index contributed by atoms with van der Waals surface area (Å²) < 4.78 is 6.89. The smallest absolute Gasteiger partial charge is 0.256 e. The minimum absolute atomic E-state index is 0.0176. The van der Waals surface area contributed by atoms with Crippen LogP contribution in [0, 0.1) is 6.92 Å². The van der Waals surface area contributed by atoms with Crippen molar-refractivity contribution in [3.8, 4) is 0 Å². The Labute approximate surface area is 179 Å². The maximum Gasteiger partial charge on any atom is 0.256 e. The van der Waals surface area contributed by atoms with Crippen LogP contribution in [-0.2, 0) is 9.22 Å². The van der Waals surface area contributed by atoms with Gasteiger partial charge >= 0.3 is 0 Å². The first-order valence-electron chi connectivity index (χ1n) is 11.3. The van der Waals surface area contributed by atoms with E-state index in [9.17, 15) is 4.79 Å². The van der Waals surface area contributed by atoms with Crippen LogP contribution in [-0.4, -0.2) is 26.4 Å². The second kappa shape index (κ2) is 9.61. The molecule has 3 nitrogen and oxygen atoms in total. The van der Waals surface area contributed by atoms with Crippen molar-refractivity contribution < 1.29 is 9.22 Å². The number of benzene rings is 1. The van der Waals surface area contributed by atoms with Crippen LogP contribution in [0.2, 0.25) is 18.1 Å². The summed E-state index contributed by atoms with van der Waals surface area (Å²) in [5.41, 5.74) is 2.85. The molecule has 1 aromatic rings.